The molecule has 3 nitrogen and oxygen atoms in total. The van der Waals surface area contributed by atoms with Crippen LogP contribution in [0.5, 0.6) is 0 Å². The number of carbonyl (C=O) groups is 1. The average Bonchev–Trinajstić information content (AvgIpc) is 3.10. The highest BCUT2D eigenvalue weighted by atomic mass is 16.7. The molecular weight excluding hydrogens is 408 g/mol. The number of ether oxygens (including phenoxy) is 2. The Labute approximate surface area is 204 Å². The van der Waals surface area contributed by atoms with E-state index in [1.165, 1.54) is 58.5 Å². The molecule has 0 aromatic carbocycles. The van der Waals surface area contributed by atoms with Crippen molar-refractivity contribution in [3.63, 3.8) is 0 Å². The van der Waals surface area contributed by atoms with E-state index < -0.39 is 6.16 Å². The van der Waals surface area contributed by atoms with Crippen molar-refractivity contribution in [1.82, 2.24) is 0 Å². The van der Waals surface area contributed by atoms with Gasteiger partial charge in [0.05, 0.1) is 7.11 Å². The van der Waals surface area contributed by atoms with E-state index in [0.717, 1.165) is 42.9 Å². The first-order chi connectivity index (χ1) is 15.6. The minimum absolute atomic E-state index is 0.00429. The van der Waals surface area contributed by atoms with Crippen molar-refractivity contribution in [2.75, 3.05) is 7.11 Å². The molecule has 8 atom stereocenters. The summed E-state index contributed by atoms with van der Waals surface area (Å²) in [7, 11) is 1.40. The van der Waals surface area contributed by atoms with Crippen molar-refractivity contribution in [2.45, 2.75) is 118 Å². The van der Waals surface area contributed by atoms with Crippen molar-refractivity contribution in [3.8, 4) is 0 Å². The Morgan fingerprint density at radius 1 is 1.09 bits per heavy atom. The summed E-state index contributed by atoms with van der Waals surface area (Å²) in [5, 5.41) is 0. The van der Waals surface area contributed by atoms with Gasteiger partial charge in [-0.2, -0.15) is 0 Å². The summed E-state index contributed by atoms with van der Waals surface area (Å²) in [4.78, 5) is 11.6. The summed E-state index contributed by atoms with van der Waals surface area (Å²) in [6, 6.07) is 0. The molecular formula is C30H52O3. The van der Waals surface area contributed by atoms with Crippen LogP contribution in [0.3, 0.4) is 0 Å². The average molecular weight is 461 g/mol. The second-order valence-corrected chi connectivity index (χ2v) is 12.8. The van der Waals surface area contributed by atoms with Gasteiger partial charge in [-0.3, -0.25) is 0 Å². The van der Waals surface area contributed by atoms with E-state index in [0.29, 0.717) is 22.7 Å². The highest BCUT2D eigenvalue weighted by Crippen LogP contribution is 2.60. The fourth-order valence-corrected chi connectivity index (χ4v) is 8.27. The van der Waals surface area contributed by atoms with Crippen LogP contribution in [0, 0.1) is 46.3 Å². The highest BCUT2D eigenvalue weighted by Gasteiger charge is 2.52. The Kier molecular flexibility index (Phi) is 9.00. The molecule has 2 saturated carbocycles. The zero-order chi connectivity index (χ0) is 24.2. The van der Waals surface area contributed by atoms with E-state index in [-0.39, 0.29) is 6.10 Å². The Morgan fingerprint density at radius 3 is 2.52 bits per heavy atom. The van der Waals surface area contributed by atoms with Crippen molar-refractivity contribution in [2.24, 2.45) is 46.3 Å². The molecule has 3 heteroatoms. The summed E-state index contributed by atoms with van der Waals surface area (Å²) in [5.41, 5.74) is 0.804. The SMILES string of the molecule is CCC[C@]1(C)C(C2C=CC3CC(OC(=O)OC)CC[C@@]3(C)C2)CCC1[C@H](C)CCCC(C)C. The lowest BCUT2D eigenvalue weighted by molar-refractivity contribution is -0.0267. The summed E-state index contributed by atoms with van der Waals surface area (Å²) in [6.45, 7) is 14.8. The van der Waals surface area contributed by atoms with Crippen LogP contribution >= 0.6 is 0 Å². The van der Waals surface area contributed by atoms with Gasteiger partial charge >= 0.3 is 6.16 Å². The lowest BCUT2D eigenvalue weighted by Gasteiger charge is -2.50. The molecule has 0 aliphatic heterocycles. The molecule has 33 heavy (non-hydrogen) atoms. The van der Waals surface area contributed by atoms with E-state index in [4.69, 9.17) is 9.47 Å². The number of rotatable bonds is 9. The summed E-state index contributed by atoms with van der Waals surface area (Å²) in [6.07, 6.45) is 18.6. The number of carbonyl (C=O) groups excluding carboxylic acids is 1. The van der Waals surface area contributed by atoms with E-state index in [1.807, 2.05) is 0 Å². The molecule has 0 spiro atoms. The molecule has 2 fully saturated rings. The van der Waals surface area contributed by atoms with Crippen LogP contribution in [-0.2, 0) is 9.47 Å². The van der Waals surface area contributed by atoms with Gasteiger partial charge in [-0.1, -0.05) is 79.4 Å². The van der Waals surface area contributed by atoms with Gasteiger partial charge in [-0.25, -0.2) is 4.79 Å². The van der Waals surface area contributed by atoms with Gasteiger partial charge < -0.3 is 9.47 Å². The third kappa shape index (κ3) is 5.99. The lowest BCUT2D eigenvalue weighted by Crippen LogP contribution is -2.43. The van der Waals surface area contributed by atoms with E-state index in [9.17, 15) is 4.79 Å². The van der Waals surface area contributed by atoms with Crippen LogP contribution < -0.4 is 0 Å². The second-order valence-electron chi connectivity index (χ2n) is 12.8. The molecule has 0 radical (unpaired) electrons. The second kappa shape index (κ2) is 11.2. The Bertz CT molecular complexity index is 669. The number of hydrogen-bond acceptors (Lipinski definition) is 3. The number of methoxy groups -OCH3 is 1. The third-order valence-electron chi connectivity index (χ3n) is 10.1. The molecule has 3 aliphatic carbocycles. The molecule has 0 N–H and O–H groups in total. The number of hydrogen-bond donors (Lipinski definition) is 0. The first-order valence-electron chi connectivity index (χ1n) is 14.1. The molecule has 3 aliphatic rings. The summed E-state index contributed by atoms with van der Waals surface area (Å²) >= 11 is 0. The van der Waals surface area contributed by atoms with Crippen LogP contribution in [0.2, 0.25) is 0 Å². The van der Waals surface area contributed by atoms with Crippen LogP contribution in [0.4, 0.5) is 4.79 Å². The smallest absolute Gasteiger partial charge is 0.438 e. The minimum atomic E-state index is -0.531. The van der Waals surface area contributed by atoms with Gasteiger partial charge in [0, 0.05) is 0 Å². The van der Waals surface area contributed by atoms with Gasteiger partial charge in [-0.15, -0.1) is 0 Å². The minimum Gasteiger partial charge on any atom is -0.438 e. The molecule has 0 bridgehead atoms. The van der Waals surface area contributed by atoms with Gasteiger partial charge in [0.2, 0.25) is 0 Å². The van der Waals surface area contributed by atoms with Gasteiger partial charge in [-0.05, 0) is 91.3 Å². The maximum atomic E-state index is 11.6. The van der Waals surface area contributed by atoms with Crippen molar-refractivity contribution in [1.29, 1.82) is 0 Å². The maximum absolute atomic E-state index is 11.6. The van der Waals surface area contributed by atoms with Crippen LogP contribution in [0.1, 0.15) is 112 Å². The normalized spacial score (nSPS) is 39.3. The highest BCUT2D eigenvalue weighted by molar-refractivity contribution is 5.59. The number of allylic oxidation sites excluding steroid dienone is 2. The van der Waals surface area contributed by atoms with E-state index in [1.54, 1.807) is 0 Å². The quantitative estimate of drug-likeness (QED) is 0.255. The molecule has 0 aromatic rings. The Morgan fingerprint density at radius 2 is 1.85 bits per heavy atom. The van der Waals surface area contributed by atoms with Crippen molar-refractivity contribution >= 4 is 6.16 Å². The standard InChI is InChI=1S/C30H52O3/c1-8-17-30(6)26(22(4)11-9-10-21(2)3)14-15-27(30)23-12-13-24-19-25(33-28(31)32-7)16-18-29(24,5)20-23/h12-13,21-27H,8-11,14-20H2,1-7H3/t22-,23?,24?,25?,26?,27?,29+,30+/m1/s1. The first kappa shape index (κ1) is 26.6. The summed E-state index contributed by atoms with van der Waals surface area (Å²) in [5.74, 6) is 4.57. The van der Waals surface area contributed by atoms with Crippen LogP contribution in [-0.4, -0.2) is 19.4 Å². The zero-order valence-corrected chi connectivity index (χ0v) is 22.7. The van der Waals surface area contributed by atoms with Crippen molar-refractivity contribution < 1.29 is 14.3 Å². The largest absolute Gasteiger partial charge is 0.508 e. The lowest BCUT2D eigenvalue weighted by atomic mass is 9.55. The monoisotopic (exact) mass is 460 g/mol. The van der Waals surface area contributed by atoms with Gasteiger partial charge in [0.1, 0.15) is 6.10 Å². The summed E-state index contributed by atoms with van der Waals surface area (Å²) < 4.78 is 10.2. The van der Waals surface area contributed by atoms with E-state index >= 15 is 0 Å². The predicted molar refractivity (Wildman–Crippen MR) is 137 cm³/mol. The fraction of sp³-hybridized carbons (Fsp3) is 0.900. The molecule has 3 rings (SSSR count). The van der Waals surface area contributed by atoms with E-state index in [2.05, 4.69) is 53.7 Å². The maximum Gasteiger partial charge on any atom is 0.508 e. The number of fused-ring (bicyclic) bond motifs is 1. The van der Waals surface area contributed by atoms with Gasteiger partial charge in [0.25, 0.3) is 0 Å². The predicted octanol–water partition coefficient (Wildman–Crippen LogP) is 8.82. The molecule has 190 valence electrons. The first-order valence-corrected chi connectivity index (χ1v) is 14.1. The topological polar surface area (TPSA) is 35.5 Å². The molecule has 0 heterocycles. The Balaban J connectivity index is 1.69. The fourth-order valence-electron chi connectivity index (χ4n) is 8.27. The zero-order valence-electron chi connectivity index (χ0n) is 22.7. The van der Waals surface area contributed by atoms with Gasteiger partial charge in [0.15, 0.2) is 0 Å². The molecule has 0 amide bonds. The molecule has 0 saturated heterocycles. The Hall–Kier alpha value is -0.990. The van der Waals surface area contributed by atoms with Crippen LogP contribution in [0.25, 0.3) is 0 Å². The van der Waals surface area contributed by atoms with Crippen LogP contribution in [0.15, 0.2) is 12.2 Å². The molecule has 0 aromatic heterocycles. The van der Waals surface area contributed by atoms with Crippen molar-refractivity contribution in [3.05, 3.63) is 12.2 Å². The third-order valence-corrected chi connectivity index (χ3v) is 10.1. The molecule has 5 unspecified atom stereocenters.